The third-order valence-corrected chi connectivity index (χ3v) is 7.92. The lowest BCUT2D eigenvalue weighted by Gasteiger charge is -2.38. The molecule has 9 heteroatoms. The summed E-state index contributed by atoms with van der Waals surface area (Å²) in [5.41, 5.74) is 0.395. The van der Waals surface area contributed by atoms with Gasteiger partial charge in [-0.15, -0.1) is 0 Å². The number of amides is 3. The molecule has 1 aliphatic heterocycles. The fourth-order valence-corrected chi connectivity index (χ4v) is 5.88. The number of urea groups is 1. The van der Waals surface area contributed by atoms with E-state index in [2.05, 4.69) is 16.0 Å². The van der Waals surface area contributed by atoms with Gasteiger partial charge in [-0.2, -0.15) is 0 Å². The van der Waals surface area contributed by atoms with E-state index in [0.717, 1.165) is 25.8 Å². The molecule has 0 bridgehead atoms. The molecule has 1 aliphatic carbocycles. The Kier molecular flexibility index (Phi) is 12.4. The van der Waals surface area contributed by atoms with Crippen LogP contribution in [-0.2, 0) is 9.53 Å². The maximum absolute atomic E-state index is 15.1. The average molecular weight is 539 g/mol. The minimum atomic E-state index is -0.567. The third-order valence-electron chi connectivity index (χ3n) is 7.62. The molecule has 208 valence electrons. The van der Waals surface area contributed by atoms with Crippen molar-refractivity contribution >= 4 is 23.5 Å². The highest BCUT2D eigenvalue weighted by molar-refractivity contribution is 6.30. The van der Waals surface area contributed by atoms with Crippen molar-refractivity contribution in [2.45, 2.75) is 76.9 Å². The highest BCUT2D eigenvalue weighted by Gasteiger charge is 2.33. The van der Waals surface area contributed by atoms with Gasteiger partial charge in [0.2, 0.25) is 5.91 Å². The van der Waals surface area contributed by atoms with E-state index in [9.17, 15) is 9.59 Å². The van der Waals surface area contributed by atoms with Crippen molar-refractivity contribution in [3.05, 3.63) is 34.6 Å². The van der Waals surface area contributed by atoms with Gasteiger partial charge in [0.05, 0.1) is 17.7 Å². The van der Waals surface area contributed by atoms with Crippen LogP contribution >= 0.6 is 11.6 Å². The van der Waals surface area contributed by atoms with Crippen molar-refractivity contribution in [2.75, 3.05) is 39.8 Å². The zero-order valence-electron chi connectivity index (χ0n) is 22.4. The number of carbonyl (C=O) groups is 2. The first-order chi connectivity index (χ1) is 17.9. The van der Waals surface area contributed by atoms with Crippen molar-refractivity contribution in [2.24, 2.45) is 11.8 Å². The van der Waals surface area contributed by atoms with Crippen LogP contribution in [0.5, 0.6) is 0 Å². The van der Waals surface area contributed by atoms with Gasteiger partial charge in [-0.3, -0.25) is 4.79 Å². The highest BCUT2D eigenvalue weighted by atomic mass is 35.5. The molecule has 0 spiro atoms. The normalized spacial score (nSPS) is 20.3. The topological polar surface area (TPSA) is 82.7 Å². The molecule has 37 heavy (non-hydrogen) atoms. The molecule has 3 amide bonds. The Balaban J connectivity index is 1.66. The molecule has 1 aromatic carbocycles. The average Bonchev–Trinajstić information content (AvgIpc) is 2.91. The molecule has 7 nitrogen and oxygen atoms in total. The van der Waals surface area contributed by atoms with E-state index in [1.165, 1.54) is 38.2 Å². The predicted molar refractivity (Wildman–Crippen MR) is 145 cm³/mol. The first-order valence-corrected chi connectivity index (χ1v) is 14.3. The van der Waals surface area contributed by atoms with Crippen LogP contribution in [0.4, 0.5) is 9.18 Å². The number of nitrogens with zero attached hydrogens (tertiary/aromatic N) is 1. The van der Waals surface area contributed by atoms with Crippen molar-refractivity contribution in [3.8, 4) is 0 Å². The van der Waals surface area contributed by atoms with Gasteiger partial charge in [-0.25, -0.2) is 9.18 Å². The number of halogens is 2. The number of hydrogen-bond acceptors (Lipinski definition) is 4. The van der Waals surface area contributed by atoms with Gasteiger partial charge < -0.3 is 25.6 Å². The van der Waals surface area contributed by atoms with E-state index < -0.39 is 11.9 Å². The van der Waals surface area contributed by atoms with Gasteiger partial charge in [0.25, 0.3) is 0 Å². The summed E-state index contributed by atoms with van der Waals surface area (Å²) in [5, 5.41) is 9.34. The number of benzene rings is 1. The Hall–Kier alpha value is -1.90. The number of likely N-dealkylation sites (N-methyl/N-ethyl adjacent to an activating group) is 1. The van der Waals surface area contributed by atoms with Gasteiger partial charge >= 0.3 is 6.03 Å². The zero-order chi connectivity index (χ0) is 26.6. The summed E-state index contributed by atoms with van der Waals surface area (Å²) in [7, 11) is 1.92. The van der Waals surface area contributed by atoms with Gasteiger partial charge in [0, 0.05) is 50.1 Å². The largest absolute Gasteiger partial charge is 0.371 e. The Morgan fingerprint density at radius 2 is 1.97 bits per heavy atom. The van der Waals surface area contributed by atoms with Crippen LogP contribution in [0, 0.1) is 17.7 Å². The molecular weight excluding hydrogens is 495 g/mol. The molecule has 1 saturated carbocycles. The molecule has 1 heterocycles. The number of nitrogens with one attached hydrogen (secondary N) is 3. The number of hydrogen-bond donors (Lipinski definition) is 3. The molecule has 0 aromatic heterocycles. The van der Waals surface area contributed by atoms with Crippen LogP contribution in [0.2, 0.25) is 5.02 Å². The lowest BCUT2D eigenvalue weighted by molar-refractivity contribution is -0.121. The summed E-state index contributed by atoms with van der Waals surface area (Å²) in [5.74, 6) is 0.0302. The molecule has 3 N–H and O–H groups in total. The maximum atomic E-state index is 15.1. The predicted octanol–water partition coefficient (Wildman–Crippen LogP) is 5.04. The molecule has 2 fully saturated rings. The van der Waals surface area contributed by atoms with E-state index >= 15 is 4.39 Å². The van der Waals surface area contributed by atoms with E-state index in [-0.39, 0.29) is 35.5 Å². The number of ether oxygens (including phenoxy) is 1. The summed E-state index contributed by atoms with van der Waals surface area (Å²) < 4.78 is 21.2. The summed E-state index contributed by atoms with van der Waals surface area (Å²) >= 11 is 6.10. The Labute approximate surface area is 226 Å². The van der Waals surface area contributed by atoms with Crippen LogP contribution in [0.25, 0.3) is 0 Å². The maximum Gasteiger partial charge on any atom is 0.317 e. The van der Waals surface area contributed by atoms with Crippen molar-refractivity contribution < 1.29 is 18.7 Å². The minimum Gasteiger partial charge on any atom is -0.371 e. The molecule has 2 aliphatic rings. The van der Waals surface area contributed by atoms with E-state index in [1.54, 1.807) is 19.1 Å². The first kappa shape index (κ1) is 29.7. The molecule has 1 aromatic rings. The standard InChI is InChI=1S/C28H44ClFN4O3/c1-3-25(35)32-14-16-37-27(23-12-7-13-24(29)26(23)30)21-11-8-15-34(19-21)28(36)33-22(18-31-2)17-20-9-5-4-6-10-20/h7,12-13,20-22,27,31H,3-6,8-11,14-19H2,1-2H3,(H,32,35)(H,33,36)/t21-,22+,27-/m1/s1. The first-order valence-electron chi connectivity index (χ1n) is 13.9. The highest BCUT2D eigenvalue weighted by Crippen LogP contribution is 2.36. The summed E-state index contributed by atoms with van der Waals surface area (Å²) in [6.45, 7) is 4.25. The third kappa shape index (κ3) is 9.11. The quantitative estimate of drug-likeness (QED) is 0.325. The van der Waals surface area contributed by atoms with Crippen molar-refractivity contribution in [3.63, 3.8) is 0 Å². The monoisotopic (exact) mass is 538 g/mol. The zero-order valence-corrected chi connectivity index (χ0v) is 23.1. The number of carbonyl (C=O) groups excluding carboxylic acids is 2. The van der Waals surface area contributed by atoms with Gasteiger partial charge in [-0.05, 0) is 38.3 Å². The van der Waals surface area contributed by atoms with Crippen LogP contribution < -0.4 is 16.0 Å². The van der Waals surface area contributed by atoms with E-state index in [0.29, 0.717) is 37.5 Å². The number of piperidine rings is 1. The van der Waals surface area contributed by atoms with Crippen LogP contribution in [0.3, 0.4) is 0 Å². The van der Waals surface area contributed by atoms with Gasteiger partial charge in [-0.1, -0.05) is 62.8 Å². The number of rotatable bonds is 12. The van der Waals surface area contributed by atoms with E-state index in [4.69, 9.17) is 16.3 Å². The van der Waals surface area contributed by atoms with Crippen LogP contribution in [0.15, 0.2) is 18.2 Å². The second-order valence-electron chi connectivity index (χ2n) is 10.4. The lowest BCUT2D eigenvalue weighted by Crippen LogP contribution is -2.52. The fraction of sp³-hybridized carbons (Fsp3) is 0.714. The lowest BCUT2D eigenvalue weighted by atomic mass is 9.85. The Morgan fingerprint density at radius 3 is 2.70 bits per heavy atom. The summed E-state index contributed by atoms with van der Waals surface area (Å²) in [6.07, 6.45) is 8.80. The fourth-order valence-electron chi connectivity index (χ4n) is 5.69. The van der Waals surface area contributed by atoms with Crippen LogP contribution in [-0.4, -0.2) is 62.7 Å². The smallest absolute Gasteiger partial charge is 0.317 e. The molecule has 3 rings (SSSR count). The van der Waals surface area contributed by atoms with Crippen LogP contribution in [0.1, 0.15) is 76.4 Å². The Morgan fingerprint density at radius 1 is 1.19 bits per heavy atom. The molecule has 3 atom stereocenters. The summed E-state index contributed by atoms with van der Waals surface area (Å²) in [6, 6.07) is 4.95. The molecule has 0 radical (unpaired) electrons. The summed E-state index contributed by atoms with van der Waals surface area (Å²) in [4.78, 5) is 26.8. The number of likely N-dealkylation sites (tertiary alicyclic amines) is 1. The Bertz CT molecular complexity index is 868. The molecule has 0 unspecified atom stereocenters. The SMILES string of the molecule is CCC(=O)NCCO[C@@H](c1cccc(Cl)c1F)[C@@H]1CCCN(C(=O)N[C@H](CNC)CC2CCCCC2)C1. The van der Waals surface area contributed by atoms with Gasteiger partial charge in [0.15, 0.2) is 0 Å². The second-order valence-corrected chi connectivity index (χ2v) is 10.8. The second kappa shape index (κ2) is 15.5. The van der Waals surface area contributed by atoms with Crippen molar-refractivity contribution in [1.82, 2.24) is 20.9 Å². The van der Waals surface area contributed by atoms with E-state index in [1.807, 2.05) is 11.9 Å². The van der Waals surface area contributed by atoms with Crippen molar-refractivity contribution in [1.29, 1.82) is 0 Å². The minimum absolute atomic E-state index is 0.0495. The molecular formula is C28H44ClFN4O3. The molecule has 1 saturated heterocycles. The van der Waals surface area contributed by atoms with Gasteiger partial charge in [0.1, 0.15) is 5.82 Å².